The molecule has 0 radical (unpaired) electrons. The standard InChI is InChI=1S/C15H9F6NO6S/c1-27-12-3-2-10(22(23)24)7-13(12)29(25,26)28-11-5-8(14(16,17)18)4-9(6-11)15(19,20)21/h2-7H,1H3. The summed E-state index contributed by atoms with van der Waals surface area (Å²) in [5.41, 5.74) is -4.33. The molecule has 14 heteroatoms. The molecule has 0 heterocycles. The van der Waals surface area contributed by atoms with E-state index >= 15 is 0 Å². The lowest BCUT2D eigenvalue weighted by Crippen LogP contribution is -2.15. The van der Waals surface area contributed by atoms with Crippen molar-refractivity contribution in [2.24, 2.45) is 0 Å². The highest BCUT2D eigenvalue weighted by Gasteiger charge is 2.38. The average Bonchev–Trinajstić information content (AvgIpc) is 2.58. The molecule has 0 saturated carbocycles. The predicted octanol–water partition coefficient (Wildman–Crippen LogP) is 4.41. The van der Waals surface area contributed by atoms with Crippen LogP contribution < -0.4 is 8.92 Å². The van der Waals surface area contributed by atoms with Crippen molar-refractivity contribution in [1.82, 2.24) is 0 Å². The monoisotopic (exact) mass is 445 g/mol. The van der Waals surface area contributed by atoms with Gasteiger partial charge in [-0.2, -0.15) is 34.8 Å². The Morgan fingerprint density at radius 2 is 1.45 bits per heavy atom. The van der Waals surface area contributed by atoms with Gasteiger partial charge in [0.25, 0.3) is 5.69 Å². The molecule has 2 rings (SSSR count). The van der Waals surface area contributed by atoms with Crippen molar-refractivity contribution in [3.8, 4) is 11.5 Å². The van der Waals surface area contributed by atoms with Crippen LogP contribution in [0.5, 0.6) is 11.5 Å². The lowest BCUT2D eigenvalue weighted by Gasteiger charge is -2.15. The summed E-state index contributed by atoms with van der Waals surface area (Å²) in [6.45, 7) is 0. The van der Waals surface area contributed by atoms with Gasteiger partial charge in [0.05, 0.1) is 23.2 Å². The SMILES string of the molecule is COc1ccc([N+](=O)[O-])cc1S(=O)(=O)Oc1cc(C(F)(F)F)cc(C(F)(F)F)c1. The second kappa shape index (κ2) is 7.42. The Kier molecular flexibility index (Phi) is 5.70. The molecule has 7 nitrogen and oxygen atoms in total. The molecule has 2 aromatic rings. The first-order chi connectivity index (χ1) is 13.1. The molecular weight excluding hydrogens is 436 g/mol. The van der Waals surface area contributed by atoms with Gasteiger partial charge in [0, 0.05) is 12.1 Å². The van der Waals surface area contributed by atoms with E-state index in [-0.39, 0.29) is 18.2 Å². The molecule has 0 unspecified atom stereocenters. The van der Waals surface area contributed by atoms with Gasteiger partial charge >= 0.3 is 22.5 Å². The second-order valence-electron chi connectivity index (χ2n) is 5.37. The maximum Gasteiger partial charge on any atom is 0.416 e. The van der Waals surface area contributed by atoms with Crippen LogP contribution in [0.4, 0.5) is 32.0 Å². The van der Waals surface area contributed by atoms with E-state index in [1.165, 1.54) is 0 Å². The minimum atomic E-state index is -5.23. The molecule has 0 aliphatic heterocycles. The van der Waals surface area contributed by atoms with Gasteiger partial charge in [-0.1, -0.05) is 0 Å². The van der Waals surface area contributed by atoms with E-state index in [4.69, 9.17) is 4.74 Å². The first-order valence-electron chi connectivity index (χ1n) is 7.21. The van der Waals surface area contributed by atoms with Gasteiger partial charge in [-0.3, -0.25) is 10.1 Å². The van der Waals surface area contributed by atoms with Crippen LogP contribution in [0.2, 0.25) is 0 Å². The number of alkyl halides is 6. The topological polar surface area (TPSA) is 95.7 Å². The minimum absolute atomic E-state index is 0.0522. The van der Waals surface area contributed by atoms with Gasteiger partial charge in [-0.15, -0.1) is 0 Å². The third-order valence-corrected chi connectivity index (χ3v) is 4.66. The Hall–Kier alpha value is -3.03. The zero-order chi connectivity index (χ0) is 22.2. The quantitative estimate of drug-likeness (QED) is 0.293. The van der Waals surface area contributed by atoms with Crippen molar-refractivity contribution < 1.29 is 48.6 Å². The third kappa shape index (κ3) is 5.07. The molecule has 158 valence electrons. The minimum Gasteiger partial charge on any atom is -0.495 e. The molecule has 0 aliphatic rings. The maximum atomic E-state index is 12.9. The number of nitrogens with zero attached hydrogens (tertiary/aromatic N) is 1. The van der Waals surface area contributed by atoms with Crippen molar-refractivity contribution in [2.45, 2.75) is 17.2 Å². The van der Waals surface area contributed by atoms with Crippen molar-refractivity contribution in [1.29, 1.82) is 0 Å². The Bertz CT molecular complexity index is 1020. The number of ether oxygens (including phenoxy) is 1. The van der Waals surface area contributed by atoms with E-state index in [0.29, 0.717) is 6.07 Å². The molecule has 29 heavy (non-hydrogen) atoms. The van der Waals surface area contributed by atoms with Gasteiger partial charge in [0.1, 0.15) is 11.5 Å². The number of halogens is 6. The van der Waals surface area contributed by atoms with Crippen molar-refractivity contribution in [3.05, 3.63) is 57.6 Å². The van der Waals surface area contributed by atoms with Gasteiger partial charge in [0.15, 0.2) is 4.90 Å². The summed E-state index contributed by atoms with van der Waals surface area (Å²) in [5, 5.41) is 10.8. The molecular formula is C15H9F6NO6S. The number of benzene rings is 2. The highest BCUT2D eigenvalue weighted by Crippen LogP contribution is 2.39. The van der Waals surface area contributed by atoms with Gasteiger partial charge < -0.3 is 8.92 Å². The number of non-ortho nitro benzene ring substituents is 1. The van der Waals surface area contributed by atoms with Crippen molar-refractivity contribution >= 4 is 15.8 Å². The van der Waals surface area contributed by atoms with Gasteiger partial charge in [0.2, 0.25) is 0 Å². The van der Waals surface area contributed by atoms with E-state index in [1.807, 2.05) is 0 Å². The summed E-state index contributed by atoms with van der Waals surface area (Å²) < 4.78 is 111. The molecule has 0 aromatic heterocycles. The summed E-state index contributed by atoms with van der Waals surface area (Å²) in [7, 11) is -4.11. The van der Waals surface area contributed by atoms with E-state index in [1.54, 1.807) is 0 Å². The normalized spacial score (nSPS) is 12.5. The highest BCUT2D eigenvalue weighted by atomic mass is 32.2. The molecule has 2 aromatic carbocycles. The van der Waals surface area contributed by atoms with Crippen LogP contribution in [-0.2, 0) is 22.5 Å². The Morgan fingerprint density at radius 3 is 1.86 bits per heavy atom. The zero-order valence-corrected chi connectivity index (χ0v) is 14.9. The van der Waals surface area contributed by atoms with Crippen LogP contribution in [0.3, 0.4) is 0 Å². The second-order valence-corrected chi connectivity index (χ2v) is 6.89. The molecule has 0 fully saturated rings. The average molecular weight is 445 g/mol. The van der Waals surface area contributed by atoms with E-state index in [2.05, 4.69) is 4.18 Å². The number of nitro benzene ring substituents is 1. The summed E-state index contributed by atoms with van der Waals surface area (Å²) in [6.07, 6.45) is -10.5. The van der Waals surface area contributed by atoms with E-state index in [9.17, 15) is 44.9 Å². The van der Waals surface area contributed by atoms with Crippen LogP contribution in [-0.4, -0.2) is 20.5 Å². The van der Waals surface area contributed by atoms with E-state index in [0.717, 1.165) is 19.2 Å². The largest absolute Gasteiger partial charge is 0.495 e. The highest BCUT2D eigenvalue weighted by molar-refractivity contribution is 7.87. The number of rotatable bonds is 5. The van der Waals surface area contributed by atoms with Crippen molar-refractivity contribution in [2.75, 3.05) is 7.11 Å². The predicted molar refractivity (Wildman–Crippen MR) is 83.9 cm³/mol. The van der Waals surface area contributed by atoms with Crippen molar-refractivity contribution in [3.63, 3.8) is 0 Å². The zero-order valence-electron chi connectivity index (χ0n) is 14.0. The summed E-state index contributed by atoms with van der Waals surface area (Å²) in [6, 6.07) is 2.14. The van der Waals surface area contributed by atoms with Crippen LogP contribution in [0, 0.1) is 10.1 Å². The molecule has 0 atom stereocenters. The molecule has 0 bridgehead atoms. The summed E-state index contributed by atoms with van der Waals surface area (Å²) in [4.78, 5) is 8.90. The van der Waals surface area contributed by atoms with Crippen LogP contribution >= 0.6 is 0 Å². The molecule has 0 aliphatic carbocycles. The fraction of sp³-hybridized carbons (Fsp3) is 0.200. The smallest absolute Gasteiger partial charge is 0.416 e. The van der Waals surface area contributed by atoms with E-state index < -0.39 is 60.6 Å². The maximum absolute atomic E-state index is 12.9. The third-order valence-electron chi connectivity index (χ3n) is 3.39. The first kappa shape index (κ1) is 22.3. The molecule has 0 saturated heterocycles. The van der Waals surface area contributed by atoms with Crippen LogP contribution in [0.25, 0.3) is 0 Å². The first-order valence-corrected chi connectivity index (χ1v) is 8.62. The Labute approximate surface area is 158 Å². The molecule has 0 N–H and O–H groups in total. The van der Waals surface area contributed by atoms with Crippen LogP contribution in [0.15, 0.2) is 41.3 Å². The number of hydrogen-bond acceptors (Lipinski definition) is 6. The molecule has 0 amide bonds. The number of hydrogen-bond donors (Lipinski definition) is 0. The number of methoxy groups -OCH3 is 1. The Balaban J connectivity index is 2.61. The lowest BCUT2D eigenvalue weighted by molar-refractivity contribution is -0.385. The van der Waals surface area contributed by atoms with Gasteiger partial charge in [-0.05, 0) is 24.3 Å². The summed E-state index contributed by atoms with van der Waals surface area (Å²) >= 11 is 0. The Morgan fingerprint density at radius 1 is 0.931 bits per heavy atom. The van der Waals surface area contributed by atoms with Gasteiger partial charge in [-0.25, -0.2) is 0 Å². The molecule has 0 spiro atoms. The fourth-order valence-electron chi connectivity index (χ4n) is 2.12. The lowest BCUT2D eigenvalue weighted by atomic mass is 10.1. The van der Waals surface area contributed by atoms with Crippen LogP contribution in [0.1, 0.15) is 11.1 Å². The fourth-order valence-corrected chi connectivity index (χ4v) is 3.22. The summed E-state index contributed by atoms with van der Waals surface area (Å²) in [5.74, 6) is -1.76. The number of nitro groups is 1.